The van der Waals surface area contributed by atoms with Crippen molar-refractivity contribution in [2.75, 3.05) is 0 Å². The molecule has 0 saturated heterocycles. The van der Waals surface area contributed by atoms with E-state index >= 15 is 0 Å². The summed E-state index contributed by atoms with van der Waals surface area (Å²) in [4.78, 5) is 39.9. The molecule has 10 N–H and O–H groups in total. The minimum absolute atomic E-state index is 0. The van der Waals surface area contributed by atoms with Crippen molar-refractivity contribution in [3.63, 3.8) is 0 Å². The van der Waals surface area contributed by atoms with E-state index in [1.54, 1.807) is 0 Å². The third kappa shape index (κ3) is 20.5. The summed E-state index contributed by atoms with van der Waals surface area (Å²) in [5.74, 6) is -5.54. The molecule has 1 unspecified atom stereocenters. The number of nitrogens with two attached hydrogens (primary N) is 1. The Morgan fingerprint density at radius 2 is 1.19 bits per heavy atom. The van der Waals surface area contributed by atoms with Gasteiger partial charge in [-0.1, -0.05) is 7.43 Å². The van der Waals surface area contributed by atoms with Crippen molar-refractivity contribution in [2.24, 2.45) is 5.73 Å². The maximum Gasteiger partial charge on any atom is 0.335 e. The van der Waals surface area contributed by atoms with Crippen LogP contribution in [0.2, 0.25) is 0 Å². The Bertz CT molecular complexity index is 785. The summed E-state index contributed by atoms with van der Waals surface area (Å²) in [6, 6.07) is 0.690. The third-order valence-corrected chi connectivity index (χ3v) is 3.21. The molecule has 0 amide bonds. The molecule has 0 aliphatic heterocycles. The van der Waals surface area contributed by atoms with Crippen molar-refractivity contribution < 1.29 is 162 Å². The smallest absolute Gasteiger partial charge is 0.335 e. The normalized spacial score (nSPS) is 9.35. The molecule has 31 heavy (non-hydrogen) atoms. The van der Waals surface area contributed by atoms with Gasteiger partial charge in [-0.05, 0) is 18.2 Å². The molecule has 171 valence electrons. The van der Waals surface area contributed by atoms with Crippen molar-refractivity contribution in [1.82, 2.24) is 0 Å². The van der Waals surface area contributed by atoms with Crippen molar-refractivity contribution in [3.8, 4) is 0 Å². The summed E-state index contributed by atoms with van der Waals surface area (Å²) >= 11 is 0. The van der Waals surface area contributed by atoms with E-state index < -0.39 is 62.5 Å². The molecule has 0 heterocycles. The SMILES string of the molecule is C.NC(CC(=O)O)C(=O)O.O.O.O=C(O)c1cc(C(=O)O)cc(S(=O)(=O)[O-])c1.[Y].[Y].[Y]. The summed E-state index contributed by atoms with van der Waals surface area (Å²) < 4.78 is 31.9. The second-order valence-corrected chi connectivity index (χ2v) is 5.73. The van der Waals surface area contributed by atoms with Crippen LogP contribution in [-0.4, -0.2) is 74.3 Å². The molecule has 0 aromatic heterocycles. The molecule has 0 aliphatic carbocycles. The van der Waals surface area contributed by atoms with Gasteiger partial charge in [0.25, 0.3) is 0 Å². The first kappa shape index (κ1) is 48.6. The minimum atomic E-state index is -4.89. The number of carbonyl (C=O) groups is 4. The van der Waals surface area contributed by atoms with Gasteiger partial charge in [-0.25, -0.2) is 18.0 Å². The van der Waals surface area contributed by atoms with Gasteiger partial charge in [0.1, 0.15) is 16.2 Å². The van der Waals surface area contributed by atoms with E-state index in [9.17, 15) is 32.1 Å². The first-order valence-electron chi connectivity index (χ1n) is 6.03. The third-order valence-electron chi connectivity index (χ3n) is 2.40. The largest absolute Gasteiger partial charge is 0.744 e. The first-order valence-corrected chi connectivity index (χ1v) is 7.44. The van der Waals surface area contributed by atoms with E-state index in [2.05, 4.69) is 0 Å². The van der Waals surface area contributed by atoms with Gasteiger partial charge in [-0.15, -0.1) is 0 Å². The maximum absolute atomic E-state index is 10.6. The molecular weight excluding hydrogens is 677 g/mol. The van der Waals surface area contributed by atoms with Crippen LogP contribution in [-0.2, 0) is 118 Å². The molecule has 14 nitrogen and oxygen atoms in total. The van der Waals surface area contributed by atoms with Crippen LogP contribution in [0.25, 0.3) is 0 Å². The van der Waals surface area contributed by atoms with Crippen LogP contribution in [0, 0.1) is 0 Å². The van der Waals surface area contributed by atoms with Crippen LogP contribution in [0.5, 0.6) is 0 Å². The number of aliphatic carboxylic acids is 2. The average molecular weight is 697 g/mol. The Hall–Kier alpha value is 0.202. The number of hydrogen-bond donors (Lipinski definition) is 5. The van der Waals surface area contributed by atoms with Crippen molar-refractivity contribution in [2.45, 2.75) is 24.8 Å². The fraction of sp³-hybridized carbons (Fsp3) is 0.231. The number of rotatable bonds is 6. The number of hydrogen-bond acceptors (Lipinski definition) is 8. The number of carboxylic acids is 4. The van der Waals surface area contributed by atoms with E-state index in [-0.39, 0.29) is 117 Å². The molecule has 0 fully saturated rings. The predicted molar refractivity (Wildman–Crippen MR) is 90.1 cm³/mol. The quantitative estimate of drug-likeness (QED) is 0.199. The molecule has 0 aliphatic rings. The fourth-order valence-electron chi connectivity index (χ4n) is 1.27. The zero-order chi connectivity index (χ0) is 19.9. The van der Waals surface area contributed by atoms with Gasteiger partial charge >= 0.3 is 23.9 Å². The Morgan fingerprint density at radius 1 is 0.871 bits per heavy atom. The topological polar surface area (TPSA) is 295 Å². The van der Waals surface area contributed by atoms with Gasteiger partial charge < -0.3 is 41.7 Å². The zero-order valence-corrected chi connectivity index (χ0v) is 24.2. The average Bonchev–Trinajstić information content (AvgIpc) is 2.45. The van der Waals surface area contributed by atoms with Crippen molar-refractivity contribution in [3.05, 3.63) is 29.3 Å². The standard InChI is InChI=1S/C8H6O7S.C4H7NO4.CH4.2H2O.3Y/c9-7(10)4-1-5(8(11)12)3-6(2-4)16(13,14)15;5-2(4(8)9)1-3(6)7;;;;;;/h1-3H,(H,9,10)(H,11,12)(H,13,14,15);2H,1,5H2,(H,6,7)(H,8,9);1H4;2*1H2;;;/p-1. The number of aromatic carboxylic acids is 2. The van der Waals surface area contributed by atoms with E-state index in [4.69, 9.17) is 26.2 Å². The van der Waals surface area contributed by atoms with E-state index in [1.165, 1.54) is 0 Å². The van der Waals surface area contributed by atoms with Crippen LogP contribution in [0.1, 0.15) is 34.6 Å². The number of carboxylic acid groups (broad SMARTS) is 4. The molecule has 1 atom stereocenters. The molecule has 1 aromatic carbocycles. The molecular formula is C13H20NO13SY3-. The molecule has 1 aromatic rings. The summed E-state index contributed by atoms with van der Waals surface area (Å²) in [6.45, 7) is 0. The molecule has 0 bridgehead atoms. The van der Waals surface area contributed by atoms with Crippen molar-refractivity contribution in [1.29, 1.82) is 0 Å². The molecule has 3 radical (unpaired) electrons. The van der Waals surface area contributed by atoms with Crippen molar-refractivity contribution >= 4 is 34.0 Å². The Kier molecular flexibility index (Phi) is 34.5. The Labute approximate surface area is 252 Å². The Balaban J connectivity index is -0.0000000687. The maximum atomic E-state index is 10.6. The van der Waals surface area contributed by atoms with Gasteiger partial charge in [-0.3, -0.25) is 9.59 Å². The number of benzene rings is 1. The summed E-state index contributed by atoms with van der Waals surface area (Å²) in [5, 5.41) is 33.2. The van der Waals surface area contributed by atoms with Gasteiger partial charge in [0, 0.05) is 98.1 Å². The van der Waals surface area contributed by atoms with Crippen LogP contribution in [0.15, 0.2) is 23.1 Å². The van der Waals surface area contributed by atoms with Crippen LogP contribution < -0.4 is 5.73 Å². The van der Waals surface area contributed by atoms with Gasteiger partial charge in [0.2, 0.25) is 0 Å². The predicted octanol–water partition coefficient (Wildman–Crippen LogP) is -2.16. The molecule has 0 saturated carbocycles. The first-order chi connectivity index (χ1) is 11.3. The van der Waals surface area contributed by atoms with Crippen LogP contribution in [0.3, 0.4) is 0 Å². The van der Waals surface area contributed by atoms with Crippen LogP contribution in [0.4, 0.5) is 0 Å². The molecule has 18 heteroatoms. The minimum Gasteiger partial charge on any atom is -0.744 e. The second-order valence-electron chi connectivity index (χ2n) is 4.35. The Morgan fingerprint density at radius 3 is 1.35 bits per heavy atom. The zero-order valence-electron chi connectivity index (χ0n) is 14.9. The molecule has 0 spiro atoms. The van der Waals surface area contributed by atoms with E-state index in [0.29, 0.717) is 12.1 Å². The summed E-state index contributed by atoms with van der Waals surface area (Å²) in [6.07, 6.45) is -0.532. The summed E-state index contributed by atoms with van der Waals surface area (Å²) in [7, 11) is -4.89. The van der Waals surface area contributed by atoms with Gasteiger partial charge in [0.05, 0.1) is 22.4 Å². The molecule has 1 rings (SSSR count). The summed E-state index contributed by atoms with van der Waals surface area (Å²) in [5.41, 5.74) is 3.69. The van der Waals surface area contributed by atoms with Crippen LogP contribution >= 0.6 is 0 Å². The monoisotopic (exact) mass is 697 g/mol. The second kappa shape index (κ2) is 22.0. The fourth-order valence-corrected chi connectivity index (χ4v) is 1.81. The van der Waals surface area contributed by atoms with Gasteiger partial charge in [0.15, 0.2) is 0 Å². The van der Waals surface area contributed by atoms with E-state index in [1.807, 2.05) is 0 Å². The van der Waals surface area contributed by atoms with Gasteiger partial charge in [-0.2, -0.15) is 0 Å². The van der Waals surface area contributed by atoms with E-state index in [0.717, 1.165) is 6.07 Å².